The van der Waals surface area contributed by atoms with Gasteiger partial charge in [0.05, 0.1) is 16.7 Å². The van der Waals surface area contributed by atoms with E-state index in [2.05, 4.69) is 0 Å². The van der Waals surface area contributed by atoms with E-state index in [1.54, 1.807) is 17.0 Å². The second kappa shape index (κ2) is 7.98. The number of benzene rings is 2. The molecule has 0 fully saturated rings. The third-order valence-corrected chi connectivity index (χ3v) is 4.25. The molecule has 0 aliphatic carbocycles. The number of fused-ring (bicyclic) bond motifs is 1. The number of ether oxygens (including phenoxy) is 3. The van der Waals surface area contributed by atoms with Crippen LogP contribution >= 0.6 is 11.6 Å². The molecule has 2 aromatic carbocycles. The highest BCUT2D eigenvalue weighted by molar-refractivity contribution is 6.32. The van der Waals surface area contributed by atoms with Crippen molar-refractivity contribution in [1.82, 2.24) is 4.90 Å². The highest BCUT2D eigenvalue weighted by Gasteiger charge is 2.17. The van der Waals surface area contributed by atoms with E-state index in [4.69, 9.17) is 31.1 Å². The molecule has 0 bridgehead atoms. The van der Waals surface area contributed by atoms with Crippen LogP contribution in [0, 0.1) is 11.3 Å². The van der Waals surface area contributed by atoms with Crippen LogP contribution in [0.1, 0.15) is 18.1 Å². The molecule has 1 aliphatic rings. The summed E-state index contributed by atoms with van der Waals surface area (Å²) in [6, 6.07) is 12.3. The Kier molecular flexibility index (Phi) is 5.49. The van der Waals surface area contributed by atoms with Gasteiger partial charge in [0.25, 0.3) is 5.91 Å². The monoisotopic (exact) mass is 372 g/mol. The molecular formula is C19H17ClN2O4. The summed E-state index contributed by atoms with van der Waals surface area (Å²) in [4.78, 5) is 14.1. The predicted octanol–water partition coefficient (Wildman–Crippen LogP) is 3.37. The van der Waals surface area contributed by atoms with Gasteiger partial charge in [-0.25, -0.2) is 0 Å². The zero-order valence-corrected chi connectivity index (χ0v) is 15.0. The number of amides is 1. The minimum absolute atomic E-state index is 0.135. The van der Waals surface area contributed by atoms with Crippen LogP contribution < -0.4 is 14.2 Å². The smallest absolute Gasteiger partial charge is 0.260 e. The second-order valence-corrected chi connectivity index (χ2v) is 6.05. The summed E-state index contributed by atoms with van der Waals surface area (Å²) in [7, 11) is 0. The van der Waals surface area contributed by atoms with E-state index in [0.29, 0.717) is 40.9 Å². The maximum atomic E-state index is 12.5. The molecule has 2 aromatic rings. The first-order chi connectivity index (χ1) is 12.6. The molecule has 1 amide bonds. The Morgan fingerprint density at radius 1 is 1.27 bits per heavy atom. The number of nitriles is 1. The van der Waals surface area contributed by atoms with E-state index in [1.165, 1.54) is 6.07 Å². The molecule has 0 unspecified atom stereocenters. The number of hydrogen-bond acceptors (Lipinski definition) is 5. The standard InChI is InChI=1S/C19H17ClN2O4/c1-2-22(10-14-4-6-17-18(8-14)26-12-25-17)19(23)11-24-16-5-3-13(9-21)7-15(16)20/h3-8H,2,10-12H2,1H3. The van der Waals surface area contributed by atoms with Crippen LogP contribution in [0.4, 0.5) is 0 Å². The maximum Gasteiger partial charge on any atom is 0.260 e. The van der Waals surface area contributed by atoms with Gasteiger partial charge in [-0.2, -0.15) is 5.26 Å². The van der Waals surface area contributed by atoms with Gasteiger partial charge in [0.1, 0.15) is 5.75 Å². The van der Waals surface area contributed by atoms with Gasteiger partial charge in [-0.3, -0.25) is 4.79 Å². The van der Waals surface area contributed by atoms with E-state index >= 15 is 0 Å². The summed E-state index contributed by atoms with van der Waals surface area (Å²) in [6.07, 6.45) is 0. The predicted molar refractivity (Wildman–Crippen MR) is 95.3 cm³/mol. The fourth-order valence-corrected chi connectivity index (χ4v) is 2.79. The first-order valence-corrected chi connectivity index (χ1v) is 8.47. The number of carbonyl (C=O) groups excluding carboxylic acids is 1. The summed E-state index contributed by atoms with van der Waals surface area (Å²) in [5, 5.41) is 9.15. The van der Waals surface area contributed by atoms with Crippen LogP contribution in [0.2, 0.25) is 5.02 Å². The lowest BCUT2D eigenvalue weighted by Gasteiger charge is -2.21. The molecule has 7 heteroatoms. The van der Waals surface area contributed by atoms with E-state index < -0.39 is 0 Å². The lowest BCUT2D eigenvalue weighted by atomic mass is 10.2. The van der Waals surface area contributed by atoms with Crippen molar-refractivity contribution in [3.63, 3.8) is 0 Å². The molecule has 134 valence electrons. The summed E-state index contributed by atoms with van der Waals surface area (Å²) in [5.41, 5.74) is 1.38. The van der Waals surface area contributed by atoms with Crippen molar-refractivity contribution in [3.05, 3.63) is 52.5 Å². The first kappa shape index (κ1) is 17.9. The van der Waals surface area contributed by atoms with Gasteiger partial charge in [0.15, 0.2) is 18.1 Å². The lowest BCUT2D eigenvalue weighted by molar-refractivity contribution is -0.133. The molecule has 26 heavy (non-hydrogen) atoms. The van der Waals surface area contributed by atoms with Crippen LogP contribution in [-0.2, 0) is 11.3 Å². The average molecular weight is 373 g/mol. The zero-order valence-electron chi connectivity index (χ0n) is 14.2. The fourth-order valence-electron chi connectivity index (χ4n) is 2.55. The van der Waals surface area contributed by atoms with E-state index in [1.807, 2.05) is 31.2 Å². The molecule has 0 radical (unpaired) electrons. The van der Waals surface area contributed by atoms with Gasteiger partial charge in [0, 0.05) is 13.1 Å². The van der Waals surface area contributed by atoms with Crippen LogP contribution in [0.25, 0.3) is 0 Å². The molecule has 1 aliphatic heterocycles. The Balaban J connectivity index is 1.61. The van der Waals surface area contributed by atoms with Crippen molar-refractivity contribution >= 4 is 17.5 Å². The average Bonchev–Trinajstić information content (AvgIpc) is 3.12. The van der Waals surface area contributed by atoms with Crippen LogP contribution in [0.15, 0.2) is 36.4 Å². The van der Waals surface area contributed by atoms with Crippen molar-refractivity contribution in [1.29, 1.82) is 5.26 Å². The number of hydrogen-bond donors (Lipinski definition) is 0. The normalized spacial score (nSPS) is 11.7. The Morgan fingerprint density at radius 2 is 2.08 bits per heavy atom. The molecular weight excluding hydrogens is 356 g/mol. The molecule has 0 saturated carbocycles. The van der Waals surface area contributed by atoms with E-state index in [9.17, 15) is 4.79 Å². The summed E-state index contributed by atoms with van der Waals surface area (Å²) >= 11 is 6.06. The number of rotatable bonds is 6. The van der Waals surface area contributed by atoms with Crippen molar-refractivity contribution in [3.8, 4) is 23.3 Å². The Labute approximate surface area is 156 Å². The zero-order chi connectivity index (χ0) is 18.5. The molecule has 0 atom stereocenters. The maximum absolute atomic E-state index is 12.5. The SMILES string of the molecule is CCN(Cc1ccc2c(c1)OCO2)C(=O)COc1ccc(C#N)cc1Cl. The van der Waals surface area contributed by atoms with Gasteiger partial charge in [-0.1, -0.05) is 17.7 Å². The third-order valence-electron chi connectivity index (χ3n) is 3.96. The molecule has 0 spiro atoms. The first-order valence-electron chi connectivity index (χ1n) is 8.09. The Bertz CT molecular complexity index is 863. The minimum atomic E-state index is -0.161. The van der Waals surface area contributed by atoms with Gasteiger partial charge in [-0.15, -0.1) is 0 Å². The molecule has 6 nitrogen and oxygen atoms in total. The van der Waals surface area contributed by atoms with Crippen LogP contribution in [0.3, 0.4) is 0 Å². The molecule has 0 saturated heterocycles. The third kappa shape index (κ3) is 4.01. The van der Waals surface area contributed by atoms with Gasteiger partial charge < -0.3 is 19.1 Å². The molecule has 0 aromatic heterocycles. The number of likely N-dealkylation sites (N-methyl/N-ethyl adjacent to an activating group) is 1. The Hall–Kier alpha value is -2.91. The van der Waals surface area contributed by atoms with Gasteiger partial charge in [0.2, 0.25) is 6.79 Å². The molecule has 1 heterocycles. The van der Waals surface area contributed by atoms with Crippen molar-refractivity contribution < 1.29 is 19.0 Å². The summed E-state index contributed by atoms with van der Waals surface area (Å²) in [6.45, 7) is 2.96. The van der Waals surface area contributed by atoms with Gasteiger partial charge >= 0.3 is 0 Å². The minimum Gasteiger partial charge on any atom is -0.482 e. The molecule has 3 rings (SSSR count). The quantitative estimate of drug-likeness (QED) is 0.777. The van der Waals surface area contributed by atoms with Crippen molar-refractivity contribution in [2.45, 2.75) is 13.5 Å². The highest BCUT2D eigenvalue weighted by Crippen LogP contribution is 2.32. The van der Waals surface area contributed by atoms with Gasteiger partial charge in [-0.05, 0) is 42.8 Å². The number of carbonyl (C=O) groups is 1. The lowest BCUT2D eigenvalue weighted by Crippen LogP contribution is -2.34. The van der Waals surface area contributed by atoms with Crippen LogP contribution in [-0.4, -0.2) is 30.8 Å². The topological polar surface area (TPSA) is 71.8 Å². The van der Waals surface area contributed by atoms with Crippen molar-refractivity contribution in [2.75, 3.05) is 19.9 Å². The Morgan fingerprint density at radius 3 is 2.81 bits per heavy atom. The fraction of sp³-hybridized carbons (Fsp3) is 0.263. The second-order valence-electron chi connectivity index (χ2n) is 5.64. The number of nitrogens with zero attached hydrogens (tertiary/aromatic N) is 2. The largest absolute Gasteiger partial charge is 0.482 e. The molecule has 0 N–H and O–H groups in total. The summed E-state index contributed by atoms with van der Waals surface area (Å²) in [5.74, 6) is 1.61. The highest BCUT2D eigenvalue weighted by atomic mass is 35.5. The summed E-state index contributed by atoms with van der Waals surface area (Å²) < 4.78 is 16.2. The van der Waals surface area contributed by atoms with E-state index in [0.717, 1.165) is 5.56 Å². The van der Waals surface area contributed by atoms with Crippen LogP contribution in [0.5, 0.6) is 17.2 Å². The van der Waals surface area contributed by atoms with Crippen molar-refractivity contribution in [2.24, 2.45) is 0 Å². The van der Waals surface area contributed by atoms with E-state index in [-0.39, 0.29) is 19.3 Å². The number of halogens is 1.